The highest BCUT2D eigenvalue weighted by Gasteiger charge is 2.30. The third-order valence-electron chi connectivity index (χ3n) is 18.2. The molecule has 0 aromatic rings. The fourth-order valence-electron chi connectivity index (χ4n) is 11.7. The maximum absolute atomic E-state index is 13.1. The third kappa shape index (κ3) is 69.2. The number of carbonyl (C=O) groups is 4. The molecular weight excluding hydrogens is 1260 g/mol. The van der Waals surface area contributed by atoms with Crippen LogP contribution in [0.15, 0.2) is 0 Å². The molecule has 0 aromatic heterocycles. The molecule has 17 nitrogen and oxygen atoms in total. The van der Waals surface area contributed by atoms with Crippen molar-refractivity contribution in [2.45, 2.75) is 414 Å². The first kappa shape index (κ1) is 94.1. The van der Waals surface area contributed by atoms with Crippen LogP contribution in [-0.2, 0) is 65.4 Å². The van der Waals surface area contributed by atoms with E-state index in [1.807, 2.05) is 0 Å². The number of esters is 4. The quantitative estimate of drug-likeness (QED) is 0.0222. The summed E-state index contributed by atoms with van der Waals surface area (Å²) in [5.74, 6) is 0.279. The highest BCUT2D eigenvalue weighted by molar-refractivity contribution is 7.47. The molecule has 0 saturated carbocycles. The van der Waals surface area contributed by atoms with Crippen molar-refractivity contribution in [3.8, 4) is 0 Å². The molecule has 0 heterocycles. The molecule has 19 heteroatoms. The van der Waals surface area contributed by atoms with E-state index in [-0.39, 0.29) is 25.7 Å². The molecular formula is C77H150O17P2. The lowest BCUT2D eigenvalue weighted by Gasteiger charge is -2.21. The van der Waals surface area contributed by atoms with Gasteiger partial charge in [0.15, 0.2) is 12.2 Å². The lowest BCUT2D eigenvalue weighted by Crippen LogP contribution is -2.30. The molecule has 3 N–H and O–H groups in total. The van der Waals surface area contributed by atoms with Gasteiger partial charge in [-0.25, -0.2) is 9.13 Å². The normalized spacial score (nSPS) is 14.3. The van der Waals surface area contributed by atoms with E-state index in [0.717, 1.165) is 114 Å². The number of aliphatic hydroxyl groups is 1. The molecule has 6 atom stereocenters. The van der Waals surface area contributed by atoms with E-state index in [1.54, 1.807) is 0 Å². The van der Waals surface area contributed by atoms with E-state index in [0.29, 0.717) is 25.7 Å². The van der Waals surface area contributed by atoms with Gasteiger partial charge in [0.2, 0.25) is 0 Å². The van der Waals surface area contributed by atoms with Crippen molar-refractivity contribution in [2.24, 2.45) is 17.8 Å². The van der Waals surface area contributed by atoms with Crippen LogP contribution >= 0.6 is 15.6 Å². The zero-order valence-corrected chi connectivity index (χ0v) is 64.6. The zero-order chi connectivity index (χ0) is 70.9. The van der Waals surface area contributed by atoms with Gasteiger partial charge < -0.3 is 33.8 Å². The number of ether oxygens (including phenoxy) is 4. The van der Waals surface area contributed by atoms with Gasteiger partial charge >= 0.3 is 39.5 Å². The Hall–Kier alpha value is -1.94. The maximum Gasteiger partial charge on any atom is 0.472 e. The van der Waals surface area contributed by atoms with Gasteiger partial charge in [0, 0.05) is 25.7 Å². The van der Waals surface area contributed by atoms with Gasteiger partial charge in [-0.05, 0) is 43.4 Å². The molecule has 0 aliphatic carbocycles. The van der Waals surface area contributed by atoms with E-state index in [4.69, 9.17) is 37.0 Å². The number of hydrogen-bond donors (Lipinski definition) is 3. The van der Waals surface area contributed by atoms with Crippen molar-refractivity contribution in [1.29, 1.82) is 0 Å². The van der Waals surface area contributed by atoms with Crippen LogP contribution in [0.4, 0.5) is 0 Å². The van der Waals surface area contributed by atoms with Crippen molar-refractivity contribution in [3.05, 3.63) is 0 Å². The number of hydrogen-bond acceptors (Lipinski definition) is 15. The second-order valence-corrected chi connectivity index (χ2v) is 31.8. The Kier molecular flexibility index (Phi) is 66.2. The Labute approximate surface area is 588 Å². The molecule has 0 amide bonds. The number of carbonyl (C=O) groups excluding carboxylic acids is 4. The Morgan fingerprint density at radius 1 is 0.302 bits per heavy atom. The summed E-state index contributed by atoms with van der Waals surface area (Å²) in [6.45, 7) is 12.0. The first-order valence-electron chi connectivity index (χ1n) is 39.9. The highest BCUT2D eigenvalue weighted by atomic mass is 31.2. The number of phosphoric acid groups is 2. The summed E-state index contributed by atoms with van der Waals surface area (Å²) in [5.41, 5.74) is 0. The second-order valence-electron chi connectivity index (χ2n) is 28.9. The number of unbranched alkanes of at least 4 members (excludes halogenated alkanes) is 42. The smallest absolute Gasteiger partial charge is 0.462 e. The average Bonchev–Trinajstić information content (AvgIpc) is 1.23. The van der Waals surface area contributed by atoms with Crippen LogP contribution in [0.25, 0.3) is 0 Å². The van der Waals surface area contributed by atoms with Crippen LogP contribution in [-0.4, -0.2) is 96.7 Å². The molecule has 0 saturated heterocycles. The summed E-state index contributed by atoms with van der Waals surface area (Å²) in [6.07, 6.45) is 54.0. The second kappa shape index (κ2) is 67.5. The molecule has 0 aliphatic heterocycles. The Balaban J connectivity index is 5.22. The monoisotopic (exact) mass is 1410 g/mol. The van der Waals surface area contributed by atoms with Crippen LogP contribution in [0, 0.1) is 17.8 Å². The predicted octanol–water partition coefficient (Wildman–Crippen LogP) is 22.6. The molecule has 0 fully saturated rings. The molecule has 96 heavy (non-hydrogen) atoms. The summed E-state index contributed by atoms with van der Waals surface area (Å²) in [4.78, 5) is 72.8. The topological polar surface area (TPSA) is 237 Å². The van der Waals surface area contributed by atoms with Crippen LogP contribution in [0.2, 0.25) is 0 Å². The van der Waals surface area contributed by atoms with Crippen molar-refractivity contribution in [3.63, 3.8) is 0 Å². The fraction of sp³-hybridized carbons (Fsp3) is 0.948. The maximum atomic E-state index is 13.1. The van der Waals surface area contributed by atoms with Gasteiger partial charge in [-0.3, -0.25) is 37.3 Å². The molecule has 0 spiro atoms. The Morgan fingerprint density at radius 2 is 0.531 bits per heavy atom. The van der Waals surface area contributed by atoms with Crippen molar-refractivity contribution in [2.75, 3.05) is 39.6 Å². The minimum absolute atomic E-state index is 0.106. The summed E-state index contributed by atoms with van der Waals surface area (Å²) in [6, 6.07) is 0. The molecule has 570 valence electrons. The van der Waals surface area contributed by atoms with Crippen LogP contribution in [0.1, 0.15) is 395 Å². The van der Waals surface area contributed by atoms with Gasteiger partial charge in [-0.2, -0.15) is 0 Å². The predicted molar refractivity (Wildman–Crippen MR) is 391 cm³/mol. The standard InChI is InChI=1S/C77H150O17P2/c1-8-10-11-12-13-37-44-51-58-74(79)87-64-72(93-77(82)61-54-47-40-33-27-26-30-36-43-50-57-70(7)9-2)66-91-95(83,84)89-62-71(78)63-90-96(85,86)92-67-73(65-88-75(80)59-52-45-38-31-24-21-17-19-23-29-35-42-49-56-69(5)6)94-76(81)60-53-46-39-32-25-20-16-14-15-18-22-28-34-41-48-55-68(3)4/h68-73,78H,8-67H2,1-7H3,(H,83,84)(H,85,86)/t70?,71-,72+,73+/m0/s1. The Bertz CT molecular complexity index is 1870. The highest BCUT2D eigenvalue weighted by Crippen LogP contribution is 2.45. The Morgan fingerprint density at radius 3 is 0.792 bits per heavy atom. The van der Waals surface area contributed by atoms with Crippen LogP contribution in [0.3, 0.4) is 0 Å². The third-order valence-corrected chi connectivity index (χ3v) is 20.1. The van der Waals surface area contributed by atoms with Crippen LogP contribution < -0.4 is 0 Å². The van der Waals surface area contributed by atoms with E-state index < -0.39 is 97.5 Å². The number of rotatable bonds is 75. The molecule has 0 aliphatic rings. The van der Waals surface area contributed by atoms with E-state index in [9.17, 15) is 43.2 Å². The largest absolute Gasteiger partial charge is 0.472 e. The SMILES string of the molecule is CCCCCCCCCCC(=O)OC[C@H](COP(=O)(O)OC[C@H](O)COP(=O)(O)OC[C@@H](COC(=O)CCCCCCCCCCCCCCCC(C)C)OC(=O)CCCCCCCCCCCCCCCCCC(C)C)OC(=O)CCCCCCCCCCCCC(C)CC. The number of aliphatic hydroxyl groups excluding tert-OH is 1. The first-order chi connectivity index (χ1) is 46.3. The van der Waals surface area contributed by atoms with Gasteiger partial charge in [0.25, 0.3) is 0 Å². The van der Waals surface area contributed by atoms with E-state index in [2.05, 4.69) is 48.5 Å². The minimum atomic E-state index is -4.96. The summed E-state index contributed by atoms with van der Waals surface area (Å²) in [5, 5.41) is 10.6. The van der Waals surface area contributed by atoms with Gasteiger partial charge in [-0.1, -0.05) is 344 Å². The molecule has 0 radical (unpaired) electrons. The van der Waals surface area contributed by atoms with E-state index >= 15 is 0 Å². The van der Waals surface area contributed by atoms with Crippen molar-refractivity contribution in [1.82, 2.24) is 0 Å². The van der Waals surface area contributed by atoms with Gasteiger partial charge in [-0.15, -0.1) is 0 Å². The molecule has 3 unspecified atom stereocenters. The summed E-state index contributed by atoms with van der Waals surface area (Å²) in [7, 11) is -9.91. The first-order valence-corrected chi connectivity index (χ1v) is 42.9. The van der Waals surface area contributed by atoms with E-state index in [1.165, 1.54) is 199 Å². The minimum Gasteiger partial charge on any atom is -0.462 e. The van der Waals surface area contributed by atoms with Gasteiger partial charge in [0.1, 0.15) is 19.3 Å². The zero-order valence-electron chi connectivity index (χ0n) is 62.8. The summed E-state index contributed by atoms with van der Waals surface area (Å²) < 4.78 is 68.5. The molecule has 0 aromatic carbocycles. The van der Waals surface area contributed by atoms with Gasteiger partial charge in [0.05, 0.1) is 26.4 Å². The van der Waals surface area contributed by atoms with Crippen LogP contribution in [0.5, 0.6) is 0 Å². The molecule has 0 rings (SSSR count). The fourth-order valence-corrected chi connectivity index (χ4v) is 13.3. The lowest BCUT2D eigenvalue weighted by atomic mass is 9.99. The van der Waals surface area contributed by atoms with Crippen molar-refractivity contribution < 1.29 is 80.2 Å². The molecule has 0 bridgehead atoms. The number of phosphoric ester groups is 2. The lowest BCUT2D eigenvalue weighted by molar-refractivity contribution is -0.161. The van der Waals surface area contributed by atoms with Crippen molar-refractivity contribution >= 4 is 39.5 Å². The summed E-state index contributed by atoms with van der Waals surface area (Å²) >= 11 is 0. The average molecular weight is 1410 g/mol.